The van der Waals surface area contributed by atoms with Crippen LogP contribution < -0.4 is 11.1 Å². The summed E-state index contributed by atoms with van der Waals surface area (Å²) in [5.74, 6) is 0.592. The zero-order chi connectivity index (χ0) is 11.3. The number of hydrogen-bond acceptors (Lipinski definition) is 5. The molecule has 0 bridgehead atoms. The molecule has 1 unspecified atom stereocenters. The van der Waals surface area contributed by atoms with Crippen molar-refractivity contribution in [2.45, 2.75) is 13.0 Å². The molecule has 1 aromatic rings. The van der Waals surface area contributed by atoms with Crippen LogP contribution in [-0.2, 0) is 4.74 Å². The Morgan fingerprint density at radius 3 is 2.87 bits per heavy atom. The van der Waals surface area contributed by atoms with Gasteiger partial charge in [-0.1, -0.05) is 12.2 Å². The molecule has 0 radical (unpaired) electrons. The van der Waals surface area contributed by atoms with E-state index in [1.807, 2.05) is 6.92 Å². The van der Waals surface area contributed by atoms with Gasteiger partial charge in [-0.3, -0.25) is 0 Å². The Bertz CT molecular complexity index is 345. The summed E-state index contributed by atoms with van der Waals surface area (Å²) in [6, 6.07) is 0.125. The van der Waals surface area contributed by atoms with Crippen molar-refractivity contribution < 1.29 is 4.74 Å². The van der Waals surface area contributed by atoms with Crippen molar-refractivity contribution in [1.29, 1.82) is 0 Å². The molecule has 15 heavy (non-hydrogen) atoms. The van der Waals surface area contributed by atoms with E-state index < -0.39 is 0 Å². The highest BCUT2D eigenvalue weighted by atomic mass is 32.1. The smallest absolute Gasteiger partial charge is 0.155 e. The monoisotopic (exact) mass is 226 g/mol. The molecule has 5 nitrogen and oxygen atoms in total. The van der Waals surface area contributed by atoms with Gasteiger partial charge in [0.05, 0.1) is 6.61 Å². The van der Waals surface area contributed by atoms with E-state index in [1.165, 1.54) is 0 Å². The Morgan fingerprint density at radius 2 is 2.27 bits per heavy atom. The minimum absolute atomic E-state index is 0.125. The number of nitrogens with two attached hydrogens (primary N) is 1. The molecule has 1 rings (SSSR count). The lowest BCUT2D eigenvalue weighted by Gasteiger charge is -2.14. The van der Waals surface area contributed by atoms with E-state index >= 15 is 0 Å². The summed E-state index contributed by atoms with van der Waals surface area (Å²) >= 11 is 4.87. The lowest BCUT2D eigenvalue weighted by atomic mass is 10.3. The van der Waals surface area contributed by atoms with E-state index in [2.05, 4.69) is 15.3 Å². The first kappa shape index (κ1) is 11.8. The molecule has 1 heterocycles. The van der Waals surface area contributed by atoms with E-state index in [-0.39, 0.29) is 11.0 Å². The van der Waals surface area contributed by atoms with Crippen LogP contribution in [0.5, 0.6) is 0 Å². The Morgan fingerprint density at radius 1 is 1.60 bits per heavy atom. The van der Waals surface area contributed by atoms with Gasteiger partial charge >= 0.3 is 0 Å². The summed E-state index contributed by atoms with van der Waals surface area (Å²) < 4.78 is 5.00. The Balaban J connectivity index is 2.79. The molecular weight excluding hydrogens is 212 g/mol. The standard InChI is InChI=1S/C9H14N4OS/c1-6(5-14-2)13-9-7(8(10)15)11-3-4-12-9/h3-4,6H,5H2,1-2H3,(H2,10,15)(H,12,13). The first-order chi connectivity index (χ1) is 7.15. The number of thiocarbonyl (C=S) groups is 1. The van der Waals surface area contributed by atoms with Gasteiger partial charge in [0.1, 0.15) is 10.7 Å². The summed E-state index contributed by atoms with van der Waals surface area (Å²) in [5.41, 5.74) is 6.03. The number of nitrogens with zero attached hydrogens (tertiary/aromatic N) is 2. The lowest BCUT2D eigenvalue weighted by molar-refractivity contribution is 0.190. The first-order valence-corrected chi connectivity index (χ1v) is 4.92. The van der Waals surface area contributed by atoms with Crippen LogP contribution in [0.25, 0.3) is 0 Å². The van der Waals surface area contributed by atoms with Gasteiger partial charge < -0.3 is 15.8 Å². The molecule has 6 heteroatoms. The Kier molecular flexibility index (Phi) is 4.38. The second kappa shape index (κ2) is 5.57. The molecule has 3 N–H and O–H groups in total. The normalized spacial score (nSPS) is 12.1. The molecule has 0 aliphatic rings. The summed E-state index contributed by atoms with van der Waals surface area (Å²) in [6.07, 6.45) is 3.14. The fourth-order valence-electron chi connectivity index (χ4n) is 1.15. The minimum Gasteiger partial charge on any atom is -0.388 e. The molecule has 0 saturated carbocycles. The zero-order valence-electron chi connectivity index (χ0n) is 8.73. The van der Waals surface area contributed by atoms with Gasteiger partial charge in [-0.05, 0) is 6.92 Å². The van der Waals surface area contributed by atoms with Gasteiger partial charge in [0, 0.05) is 25.5 Å². The highest BCUT2D eigenvalue weighted by Gasteiger charge is 2.09. The molecule has 0 aromatic carbocycles. The van der Waals surface area contributed by atoms with Crippen LogP contribution in [0.2, 0.25) is 0 Å². The topological polar surface area (TPSA) is 73.1 Å². The predicted molar refractivity (Wildman–Crippen MR) is 62.9 cm³/mol. The van der Waals surface area contributed by atoms with E-state index in [1.54, 1.807) is 19.5 Å². The third-order valence-electron chi connectivity index (χ3n) is 1.73. The van der Waals surface area contributed by atoms with Crippen LogP contribution in [-0.4, -0.2) is 34.7 Å². The van der Waals surface area contributed by atoms with Crippen LogP contribution in [0.3, 0.4) is 0 Å². The molecule has 82 valence electrons. The van der Waals surface area contributed by atoms with Crippen LogP contribution in [0, 0.1) is 0 Å². The Hall–Kier alpha value is -1.27. The van der Waals surface area contributed by atoms with E-state index in [0.29, 0.717) is 18.1 Å². The molecule has 0 aliphatic carbocycles. The van der Waals surface area contributed by atoms with Gasteiger partial charge in [0.15, 0.2) is 5.82 Å². The quantitative estimate of drug-likeness (QED) is 0.715. The maximum atomic E-state index is 5.52. The van der Waals surface area contributed by atoms with Crippen molar-refractivity contribution in [3.63, 3.8) is 0 Å². The fraction of sp³-hybridized carbons (Fsp3) is 0.444. The second-order valence-corrected chi connectivity index (χ2v) is 3.56. The van der Waals surface area contributed by atoms with Crippen molar-refractivity contribution in [2.75, 3.05) is 19.0 Å². The van der Waals surface area contributed by atoms with Crippen LogP contribution >= 0.6 is 12.2 Å². The molecule has 0 saturated heterocycles. The first-order valence-electron chi connectivity index (χ1n) is 4.51. The van der Waals surface area contributed by atoms with Crippen molar-refractivity contribution in [1.82, 2.24) is 9.97 Å². The van der Waals surface area contributed by atoms with Crippen molar-refractivity contribution >= 4 is 23.0 Å². The molecule has 0 aliphatic heterocycles. The highest BCUT2D eigenvalue weighted by molar-refractivity contribution is 7.80. The maximum Gasteiger partial charge on any atom is 0.155 e. The van der Waals surface area contributed by atoms with E-state index in [0.717, 1.165) is 0 Å². The van der Waals surface area contributed by atoms with Gasteiger partial charge in [-0.15, -0.1) is 0 Å². The SMILES string of the molecule is COCC(C)Nc1nccnc1C(N)=S. The molecule has 1 aromatic heterocycles. The number of nitrogens with one attached hydrogen (secondary N) is 1. The van der Waals surface area contributed by atoms with Crippen LogP contribution in [0.1, 0.15) is 12.6 Å². The number of ether oxygens (including phenoxy) is 1. The number of methoxy groups -OCH3 is 1. The minimum atomic E-state index is 0.125. The van der Waals surface area contributed by atoms with Gasteiger partial charge in [0.25, 0.3) is 0 Å². The third kappa shape index (κ3) is 3.41. The van der Waals surface area contributed by atoms with Gasteiger partial charge in [-0.25, -0.2) is 9.97 Å². The number of hydrogen-bond donors (Lipinski definition) is 2. The molecule has 0 fully saturated rings. The average Bonchev–Trinajstić information content (AvgIpc) is 2.18. The van der Waals surface area contributed by atoms with Crippen molar-refractivity contribution in [3.05, 3.63) is 18.1 Å². The zero-order valence-corrected chi connectivity index (χ0v) is 9.54. The molecular formula is C9H14N4OS. The number of rotatable bonds is 5. The Labute approximate surface area is 94.1 Å². The third-order valence-corrected chi connectivity index (χ3v) is 1.92. The lowest BCUT2D eigenvalue weighted by Crippen LogP contribution is -2.24. The highest BCUT2D eigenvalue weighted by Crippen LogP contribution is 2.09. The van der Waals surface area contributed by atoms with E-state index in [4.69, 9.17) is 22.7 Å². The van der Waals surface area contributed by atoms with Crippen molar-refractivity contribution in [2.24, 2.45) is 5.73 Å². The summed E-state index contributed by atoms with van der Waals surface area (Å²) in [7, 11) is 1.64. The largest absolute Gasteiger partial charge is 0.388 e. The molecule has 1 atom stereocenters. The predicted octanol–water partition coefficient (Wildman–Crippen LogP) is 0.558. The summed E-state index contributed by atoms with van der Waals surface area (Å²) in [5, 5.41) is 3.13. The van der Waals surface area contributed by atoms with Gasteiger partial charge in [-0.2, -0.15) is 0 Å². The average molecular weight is 226 g/mol. The number of anilines is 1. The van der Waals surface area contributed by atoms with Gasteiger partial charge in [0.2, 0.25) is 0 Å². The summed E-state index contributed by atoms with van der Waals surface area (Å²) in [4.78, 5) is 8.42. The summed E-state index contributed by atoms with van der Waals surface area (Å²) in [6.45, 7) is 2.55. The fourth-order valence-corrected chi connectivity index (χ4v) is 1.30. The van der Waals surface area contributed by atoms with Crippen LogP contribution in [0.15, 0.2) is 12.4 Å². The molecule has 0 amide bonds. The maximum absolute atomic E-state index is 5.52. The van der Waals surface area contributed by atoms with Crippen LogP contribution in [0.4, 0.5) is 5.82 Å². The second-order valence-electron chi connectivity index (χ2n) is 3.12. The van der Waals surface area contributed by atoms with E-state index in [9.17, 15) is 0 Å². The number of aromatic nitrogens is 2. The molecule has 0 spiro atoms. The van der Waals surface area contributed by atoms with Crippen molar-refractivity contribution in [3.8, 4) is 0 Å².